The molecule has 3 N–H and O–H groups in total. The number of fused-ring (bicyclic) bond motifs is 1. The number of rotatable bonds is 2. The topological polar surface area (TPSA) is 64.1 Å². The summed E-state index contributed by atoms with van der Waals surface area (Å²) in [6, 6.07) is 13.2. The molecule has 0 radical (unpaired) electrons. The molecule has 18 heavy (non-hydrogen) atoms. The Bertz CT molecular complexity index is 686. The molecular formula is C14H13N3O. The number of nitrogens with two attached hydrogens (primary N) is 1. The Kier molecular flexibility index (Phi) is 2.50. The minimum absolute atomic E-state index is 0.230. The van der Waals surface area contributed by atoms with Gasteiger partial charge >= 0.3 is 0 Å². The van der Waals surface area contributed by atoms with Crippen molar-refractivity contribution in [3.63, 3.8) is 0 Å². The van der Waals surface area contributed by atoms with E-state index in [2.05, 4.69) is 5.10 Å². The summed E-state index contributed by atoms with van der Waals surface area (Å²) in [5.41, 5.74) is 8.27. The second kappa shape index (κ2) is 4.16. The molecule has 0 aliphatic carbocycles. The van der Waals surface area contributed by atoms with Crippen LogP contribution in [0, 0.1) is 0 Å². The van der Waals surface area contributed by atoms with Crippen molar-refractivity contribution in [1.29, 1.82) is 0 Å². The monoisotopic (exact) mass is 239 g/mol. The van der Waals surface area contributed by atoms with Gasteiger partial charge in [-0.25, -0.2) is 4.68 Å². The lowest BCUT2D eigenvalue weighted by Crippen LogP contribution is -1.99. The number of phenols is 1. The predicted octanol–water partition coefficient (Wildman–Crippen LogP) is 2.19. The lowest BCUT2D eigenvalue weighted by Gasteiger charge is -2.05. The van der Waals surface area contributed by atoms with Crippen molar-refractivity contribution in [2.75, 3.05) is 0 Å². The molecule has 4 nitrogen and oxygen atoms in total. The number of para-hydroxylation sites is 1. The molecular weight excluding hydrogens is 226 g/mol. The fourth-order valence-electron chi connectivity index (χ4n) is 2.03. The molecule has 1 aromatic heterocycles. The Hall–Kier alpha value is -2.33. The Morgan fingerprint density at radius 1 is 1.11 bits per heavy atom. The third-order valence-corrected chi connectivity index (χ3v) is 2.99. The molecule has 0 bridgehead atoms. The molecule has 3 rings (SSSR count). The molecule has 3 aromatic rings. The van der Waals surface area contributed by atoms with Crippen LogP contribution in [-0.2, 0) is 6.54 Å². The normalized spacial score (nSPS) is 10.9. The van der Waals surface area contributed by atoms with E-state index in [0.29, 0.717) is 6.54 Å². The molecule has 4 heteroatoms. The van der Waals surface area contributed by atoms with Crippen LogP contribution in [-0.4, -0.2) is 14.9 Å². The van der Waals surface area contributed by atoms with E-state index in [1.54, 1.807) is 23.0 Å². The summed E-state index contributed by atoms with van der Waals surface area (Å²) < 4.78 is 1.73. The van der Waals surface area contributed by atoms with E-state index in [-0.39, 0.29) is 5.75 Å². The first-order valence-corrected chi connectivity index (χ1v) is 5.74. The fourth-order valence-corrected chi connectivity index (χ4v) is 2.03. The number of aromatic nitrogens is 2. The van der Waals surface area contributed by atoms with Crippen LogP contribution in [0.3, 0.4) is 0 Å². The van der Waals surface area contributed by atoms with E-state index < -0.39 is 0 Å². The first-order chi connectivity index (χ1) is 8.79. The molecule has 0 saturated carbocycles. The molecule has 0 aliphatic rings. The zero-order chi connectivity index (χ0) is 12.5. The van der Waals surface area contributed by atoms with E-state index in [1.165, 1.54) is 0 Å². The minimum Gasteiger partial charge on any atom is -0.506 e. The molecule has 0 amide bonds. The lowest BCUT2D eigenvalue weighted by molar-refractivity contribution is 0.479. The predicted molar refractivity (Wildman–Crippen MR) is 70.6 cm³/mol. The molecule has 2 aromatic carbocycles. The third-order valence-electron chi connectivity index (χ3n) is 2.99. The molecule has 0 fully saturated rings. The Balaban J connectivity index is 2.18. The highest BCUT2D eigenvalue weighted by atomic mass is 16.3. The molecule has 90 valence electrons. The molecule has 0 unspecified atom stereocenters. The summed E-state index contributed by atoms with van der Waals surface area (Å²) in [4.78, 5) is 0. The van der Waals surface area contributed by atoms with E-state index in [4.69, 9.17) is 5.73 Å². The highest BCUT2D eigenvalue weighted by Gasteiger charge is 2.08. The minimum atomic E-state index is 0.230. The zero-order valence-corrected chi connectivity index (χ0v) is 9.74. The Labute approximate surface area is 104 Å². The van der Waals surface area contributed by atoms with Crippen molar-refractivity contribution in [2.45, 2.75) is 6.54 Å². The maximum atomic E-state index is 9.92. The molecule has 1 heterocycles. The first kappa shape index (κ1) is 10.8. The van der Waals surface area contributed by atoms with Crippen LogP contribution < -0.4 is 5.73 Å². The van der Waals surface area contributed by atoms with Gasteiger partial charge in [0.1, 0.15) is 11.3 Å². The van der Waals surface area contributed by atoms with E-state index in [0.717, 1.165) is 22.2 Å². The molecule has 0 atom stereocenters. The van der Waals surface area contributed by atoms with Gasteiger partial charge in [-0.1, -0.05) is 24.3 Å². The van der Waals surface area contributed by atoms with Gasteiger partial charge in [0.25, 0.3) is 0 Å². The Morgan fingerprint density at radius 3 is 2.61 bits per heavy atom. The zero-order valence-electron chi connectivity index (χ0n) is 9.74. The SMILES string of the molecule is NCc1ccc(-n2ncc3cccc(O)c32)cc1. The van der Waals surface area contributed by atoms with Crippen molar-refractivity contribution >= 4 is 10.9 Å². The summed E-state index contributed by atoms with van der Waals surface area (Å²) in [6.07, 6.45) is 1.74. The van der Waals surface area contributed by atoms with Gasteiger partial charge in [-0.05, 0) is 23.8 Å². The molecule has 0 spiro atoms. The van der Waals surface area contributed by atoms with Gasteiger partial charge in [0, 0.05) is 11.9 Å². The maximum absolute atomic E-state index is 9.92. The van der Waals surface area contributed by atoms with Crippen LogP contribution in [0.4, 0.5) is 0 Å². The van der Waals surface area contributed by atoms with Gasteiger partial charge in [0.2, 0.25) is 0 Å². The van der Waals surface area contributed by atoms with Gasteiger partial charge in [-0.2, -0.15) is 5.10 Å². The van der Waals surface area contributed by atoms with E-state index >= 15 is 0 Å². The number of nitrogens with zero attached hydrogens (tertiary/aromatic N) is 2. The van der Waals surface area contributed by atoms with Crippen LogP contribution in [0.25, 0.3) is 16.6 Å². The number of benzene rings is 2. The van der Waals surface area contributed by atoms with Crippen LogP contribution in [0.2, 0.25) is 0 Å². The van der Waals surface area contributed by atoms with E-state index in [1.807, 2.05) is 30.3 Å². The molecule has 0 saturated heterocycles. The lowest BCUT2D eigenvalue weighted by atomic mass is 10.2. The largest absolute Gasteiger partial charge is 0.506 e. The van der Waals surface area contributed by atoms with Gasteiger partial charge in [-0.15, -0.1) is 0 Å². The van der Waals surface area contributed by atoms with Gasteiger partial charge in [0.05, 0.1) is 11.9 Å². The highest BCUT2D eigenvalue weighted by Crippen LogP contribution is 2.26. The maximum Gasteiger partial charge on any atom is 0.141 e. The van der Waals surface area contributed by atoms with Crippen molar-refractivity contribution in [2.24, 2.45) is 5.73 Å². The third kappa shape index (κ3) is 1.63. The number of hydrogen-bond donors (Lipinski definition) is 2. The summed E-state index contributed by atoms with van der Waals surface area (Å²) in [7, 11) is 0. The smallest absolute Gasteiger partial charge is 0.141 e. The standard InChI is InChI=1S/C14H13N3O/c15-8-10-4-6-12(7-5-10)17-14-11(9-16-17)2-1-3-13(14)18/h1-7,9,18H,8,15H2. The average molecular weight is 239 g/mol. The number of phenolic OH excluding ortho intramolecular Hbond substituents is 1. The fraction of sp³-hybridized carbons (Fsp3) is 0.0714. The Morgan fingerprint density at radius 2 is 1.89 bits per heavy atom. The quantitative estimate of drug-likeness (QED) is 0.720. The summed E-state index contributed by atoms with van der Waals surface area (Å²) in [6.45, 7) is 0.519. The van der Waals surface area contributed by atoms with Crippen LogP contribution in [0.5, 0.6) is 5.75 Å². The second-order valence-corrected chi connectivity index (χ2v) is 4.14. The average Bonchev–Trinajstić information content (AvgIpc) is 2.84. The van der Waals surface area contributed by atoms with Crippen molar-refractivity contribution < 1.29 is 5.11 Å². The van der Waals surface area contributed by atoms with Crippen molar-refractivity contribution in [1.82, 2.24) is 9.78 Å². The second-order valence-electron chi connectivity index (χ2n) is 4.14. The van der Waals surface area contributed by atoms with Crippen LogP contribution >= 0.6 is 0 Å². The van der Waals surface area contributed by atoms with Gasteiger partial charge in [0.15, 0.2) is 0 Å². The number of aromatic hydroxyl groups is 1. The first-order valence-electron chi connectivity index (χ1n) is 5.74. The highest BCUT2D eigenvalue weighted by molar-refractivity contribution is 5.85. The van der Waals surface area contributed by atoms with Crippen molar-refractivity contribution in [3.8, 4) is 11.4 Å². The number of hydrogen-bond acceptors (Lipinski definition) is 3. The van der Waals surface area contributed by atoms with Crippen LogP contribution in [0.15, 0.2) is 48.7 Å². The van der Waals surface area contributed by atoms with Crippen molar-refractivity contribution in [3.05, 3.63) is 54.2 Å². The molecule has 0 aliphatic heterocycles. The summed E-state index contributed by atoms with van der Waals surface area (Å²) in [5.74, 6) is 0.230. The summed E-state index contributed by atoms with van der Waals surface area (Å²) in [5, 5.41) is 15.1. The summed E-state index contributed by atoms with van der Waals surface area (Å²) >= 11 is 0. The van der Waals surface area contributed by atoms with Gasteiger partial charge in [-0.3, -0.25) is 0 Å². The van der Waals surface area contributed by atoms with Crippen LogP contribution in [0.1, 0.15) is 5.56 Å². The van der Waals surface area contributed by atoms with Gasteiger partial charge < -0.3 is 10.8 Å². The van der Waals surface area contributed by atoms with E-state index in [9.17, 15) is 5.11 Å².